The van der Waals surface area contributed by atoms with Crippen LogP contribution in [0.15, 0.2) is 115 Å². The predicted molar refractivity (Wildman–Crippen MR) is 152 cm³/mol. The zero-order valence-electron chi connectivity index (χ0n) is 22.7. The predicted octanol–water partition coefficient (Wildman–Crippen LogP) is 8.92. The Labute approximate surface area is 247 Å². The highest BCUT2D eigenvalue weighted by Crippen LogP contribution is 2.37. The molecule has 1 heterocycles. The second-order valence-corrected chi connectivity index (χ2v) is 9.71. The van der Waals surface area contributed by atoms with Crippen molar-refractivity contribution < 1.29 is 41.0 Å². The molecule has 0 saturated heterocycles. The summed E-state index contributed by atoms with van der Waals surface area (Å²) in [6.07, 6.45) is -2.65. The molecular weight excluding hydrogens is 586 g/mol. The van der Waals surface area contributed by atoms with Crippen LogP contribution in [-0.4, -0.2) is 20.9 Å². The van der Waals surface area contributed by atoms with E-state index in [0.717, 1.165) is 23.3 Å². The monoisotopic (exact) mass is 608 g/mol. The standard InChI is InChI=1S/C33H22F6N2O3/c1-20-17-24(5-4-7-28(20)41-30(33(37,38)39)27(18-40-41)31(42)43)26-6-2-3-8-29(26)44-19-21-9-11-22(12-10-21)23-13-15-25(16-14-23)32(34,35)36/h2-18H,1,19H2,(H,42,43). The highest BCUT2D eigenvalue weighted by Gasteiger charge is 2.41. The van der Waals surface area contributed by atoms with Gasteiger partial charge in [0.1, 0.15) is 17.9 Å². The number of hydrogen-bond donors (Lipinski definition) is 1. The van der Waals surface area contributed by atoms with Crippen molar-refractivity contribution in [1.82, 2.24) is 9.78 Å². The van der Waals surface area contributed by atoms with Crippen molar-refractivity contribution in [3.8, 4) is 16.9 Å². The maximum atomic E-state index is 13.8. The lowest BCUT2D eigenvalue weighted by molar-refractivity contribution is -0.143. The van der Waals surface area contributed by atoms with Crippen LogP contribution in [0.4, 0.5) is 26.3 Å². The number of halogens is 6. The molecule has 0 fully saturated rings. The lowest BCUT2D eigenvalue weighted by Crippen LogP contribution is -2.18. The van der Waals surface area contributed by atoms with E-state index in [0.29, 0.717) is 33.3 Å². The Hall–Kier alpha value is -5.32. The maximum Gasteiger partial charge on any atom is 0.434 e. The zero-order valence-corrected chi connectivity index (χ0v) is 22.7. The Morgan fingerprint density at radius 2 is 1.52 bits per heavy atom. The smallest absolute Gasteiger partial charge is 0.434 e. The molecule has 0 saturated carbocycles. The lowest BCUT2D eigenvalue weighted by Gasteiger charge is -2.15. The minimum absolute atomic E-state index is 0.0531. The van der Waals surface area contributed by atoms with Gasteiger partial charge in [0.25, 0.3) is 0 Å². The fraction of sp³-hybridized carbons (Fsp3) is 0.0909. The molecule has 5 nitrogen and oxygen atoms in total. The number of para-hydroxylation sites is 1. The highest BCUT2D eigenvalue weighted by molar-refractivity contribution is 5.90. The third-order valence-electron chi connectivity index (χ3n) is 6.78. The Morgan fingerprint density at radius 1 is 0.886 bits per heavy atom. The van der Waals surface area contributed by atoms with E-state index in [9.17, 15) is 36.2 Å². The van der Waals surface area contributed by atoms with E-state index in [1.807, 2.05) is 0 Å². The Kier molecular flexibility index (Phi) is 8.05. The molecule has 0 amide bonds. The van der Waals surface area contributed by atoms with Gasteiger partial charge in [-0.05, 0) is 58.2 Å². The van der Waals surface area contributed by atoms with Gasteiger partial charge in [-0.3, -0.25) is 0 Å². The van der Waals surface area contributed by atoms with E-state index >= 15 is 0 Å². The molecule has 0 radical (unpaired) electrons. The summed E-state index contributed by atoms with van der Waals surface area (Å²) in [5, 5.41) is 12.9. The van der Waals surface area contributed by atoms with Gasteiger partial charge in [-0.1, -0.05) is 73.3 Å². The molecule has 0 unspecified atom stereocenters. The van der Waals surface area contributed by atoms with E-state index in [1.165, 1.54) is 24.3 Å². The number of rotatable bonds is 7. The van der Waals surface area contributed by atoms with Crippen molar-refractivity contribution in [2.75, 3.05) is 0 Å². The first kappa shape index (κ1) is 30.1. The molecule has 1 N–H and O–H groups in total. The summed E-state index contributed by atoms with van der Waals surface area (Å²) < 4.78 is 86.6. The molecule has 1 aliphatic rings. The Bertz CT molecular complexity index is 1810. The average molecular weight is 609 g/mol. The van der Waals surface area contributed by atoms with Crippen molar-refractivity contribution in [2.45, 2.75) is 19.0 Å². The van der Waals surface area contributed by atoms with Crippen LogP contribution in [0.25, 0.3) is 22.4 Å². The summed E-state index contributed by atoms with van der Waals surface area (Å²) in [5.74, 6) is -1.27. The molecule has 0 bridgehead atoms. The van der Waals surface area contributed by atoms with Crippen molar-refractivity contribution in [2.24, 2.45) is 0 Å². The van der Waals surface area contributed by atoms with E-state index in [4.69, 9.17) is 4.74 Å². The SMILES string of the molecule is C=C1C=C(c2ccccc2OCc2ccc(-c3ccc(C(F)(F)F)cc3)cc2)C=CC=C1n1ncc(C(=O)O)c1C(F)(F)F. The van der Waals surface area contributed by atoms with Gasteiger partial charge in [0.15, 0.2) is 5.69 Å². The average Bonchev–Trinajstić information content (AvgIpc) is 3.35. The van der Waals surface area contributed by atoms with Crippen LogP contribution in [0, 0.1) is 0 Å². The molecule has 11 heteroatoms. The third kappa shape index (κ3) is 6.36. The molecule has 5 rings (SSSR count). The van der Waals surface area contributed by atoms with Gasteiger partial charge in [-0.25, -0.2) is 9.48 Å². The van der Waals surface area contributed by atoms with Gasteiger partial charge in [0.2, 0.25) is 0 Å². The second-order valence-electron chi connectivity index (χ2n) is 9.71. The lowest BCUT2D eigenvalue weighted by atomic mass is 10.0. The van der Waals surface area contributed by atoms with Gasteiger partial charge < -0.3 is 9.84 Å². The summed E-state index contributed by atoms with van der Waals surface area (Å²) in [6, 6.07) is 19.1. The third-order valence-corrected chi connectivity index (χ3v) is 6.78. The van der Waals surface area contributed by atoms with Crippen LogP contribution in [0.5, 0.6) is 5.75 Å². The fourth-order valence-corrected chi connectivity index (χ4v) is 4.63. The molecule has 4 aromatic rings. The van der Waals surface area contributed by atoms with Gasteiger partial charge in [-0.15, -0.1) is 0 Å². The molecular formula is C33H22F6N2O3. The van der Waals surface area contributed by atoms with Crippen LogP contribution in [-0.2, 0) is 19.0 Å². The number of aromatic carboxylic acids is 1. The summed E-state index contributed by atoms with van der Waals surface area (Å²) in [4.78, 5) is 11.4. The van der Waals surface area contributed by atoms with Gasteiger partial charge in [0.05, 0.1) is 17.5 Å². The first-order chi connectivity index (χ1) is 20.8. The molecule has 44 heavy (non-hydrogen) atoms. The van der Waals surface area contributed by atoms with E-state index < -0.39 is 35.1 Å². The van der Waals surface area contributed by atoms with Gasteiger partial charge in [-0.2, -0.15) is 31.4 Å². The van der Waals surface area contributed by atoms with E-state index in [-0.39, 0.29) is 17.9 Å². The number of benzene rings is 3. The van der Waals surface area contributed by atoms with Gasteiger partial charge >= 0.3 is 18.3 Å². The largest absolute Gasteiger partial charge is 0.488 e. The number of ether oxygens (including phenoxy) is 1. The molecule has 0 spiro atoms. The fourth-order valence-electron chi connectivity index (χ4n) is 4.63. The molecule has 3 aromatic carbocycles. The van der Waals surface area contributed by atoms with Crippen molar-refractivity contribution in [3.05, 3.63) is 143 Å². The number of carboxylic acid groups (broad SMARTS) is 1. The topological polar surface area (TPSA) is 64.4 Å². The Morgan fingerprint density at radius 3 is 2.14 bits per heavy atom. The van der Waals surface area contributed by atoms with E-state index in [2.05, 4.69) is 11.7 Å². The van der Waals surface area contributed by atoms with Crippen molar-refractivity contribution >= 4 is 17.2 Å². The normalized spacial score (nSPS) is 13.7. The molecule has 0 aliphatic heterocycles. The van der Waals surface area contributed by atoms with Crippen molar-refractivity contribution in [1.29, 1.82) is 0 Å². The van der Waals surface area contributed by atoms with Crippen LogP contribution in [0.3, 0.4) is 0 Å². The summed E-state index contributed by atoms with van der Waals surface area (Å²) >= 11 is 0. The summed E-state index contributed by atoms with van der Waals surface area (Å²) in [7, 11) is 0. The molecule has 1 aliphatic carbocycles. The minimum Gasteiger partial charge on any atom is -0.488 e. The van der Waals surface area contributed by atoms with Crippen molar-refractivity contribution in [3.63, 3.8) is 0 Å². The van der Waals surface area contributed by atoms with Crippen LogP contribution in [0.1, 0.15) is 32.7 Å². The highest BCUT2D eigenvalue weighted by atomic mass is 19.4. The minimum atomic E-state index is -4.98. The number of carboxylic acids is 1. The van der Waals surface area contributed by atoms with Crippen LogP contribution >= 0.6 is 0 Å². The zero-order chi connectivity index (χ0) is 31.6. The summed E-state index contributed by atoms with van der Waals surface area (Å²) in [5.41, 5.74) is 0.350. The number of carbonyl (C=O) groups is 1. The number of nitrogens with zero attached hydrogens (tertiary/aromatic N) is 2. The number of allylic oxidation sites excluding steroid dienone is 7. The number of hydrogen-bond acceptors (Lipinski definition) is 3. The number of alkyl halides is 6. The first-order valence-electron chi connectivity index (χ1n) is 13.0. The number of aromatic nitrogens is 2. The van der Waals surface area contributed by atoms with E-state index in [1.54, 1.807) is 60.7 Å². The summed E-state index contributed by atoms with van der Waals surface area (Å²) in [6.45, 7) is 4.06. The Balaban J connectivity index is 1.34. The molecule has 224 valence electrons. The molecule has 1 aromatic heterocycles. The molecule has 0 atom stereocenters. The van der Waals surface area contributed by atoms with Gasteiger partial charge in [0, 0.05) is 5.56 Å². The second kappa shape index (κ2) is 11.8. The maximum absolute atomic E-state index is 13.8. The first-order valence-corrected chi connectivity index (χ1v) is 13.0. The quantitative estimate of drug-likeness (QED) is 0.213. The van der Waals surface area contributed by atoms with Crippen LogP contribution in [0.2, 0.25) is 0 Å². The van der Waals surface area contributed by atoms with Crippen LogP contribution < -0.4 is 4.74 Å².